The number of H-pyrrole nitrogens is 1. The summed E-state index contributed by atoms with van der Waals surface area (Å²) in [6.07, 6.45) is 2.42. The summed E-state index contributed by atoms with van der Waals surface area (Å²) in [6.45, 7) is 0. The molecule has 0 unspecified atom stereocenters. The van der Waals surface area contributed by atoms with Gasteiger partial charge in [0.1, 0.15) is 5.75 Å². The second kappa shape index (κ2) is 5.35. The topological polar surface area (TPSA) is 54.1 Å². The van der Waals surface area contributed by atoms with Gasteiger partial charge in [-0.05, 0) is 48.2 Å². The lowest BCUT2D eigenvalue weighted by atomic mass is 10.0. The molecule has 0 saturated heterocycles. The third-order valence-electron chi connectivity index (χ3n) is 4.22. The number of thioether (sulfide) groups is 1. The van der Waals surface area contributed by atoms with E-state index in [1.54, 1.807) is 18.9 Å². The number of carbonyl (C=O) groups is 1. The third kappa shape index (κ3) is 2.28. The molecule has 1 aromatic heterocycles. The Balaban J connectivity index is 2.03. The van der Waals surface area contributed by atoms with Crippen molar-refractivity contribution in [3.63, 3.8) is 0 Å². The number of ether oxygens (including phenoxy) is 1. The van der Waals surface area contributed by atoms with E-state index >= 15 is 0 Å². The van der Waals surface area contributed by atoms with E-state index in [0.717, 1.165) is 39.2 Å². The molecular formula is C18H16N2O2S. The van der Waals surface area contributed by atoms with Crippen molar-refractivity contribution < 1.29 is 9.53 Å². The summed E-state index contributed by atoms with van der Waals surface area (Å²) >= 11 is 1.70. The highest BCUT2D eigenvalue weighted by Crippen LogP contribution is 2.39. The van der Waals surface area contributed by atoms with Crippen molar-refractivity contribution in [1.82, 2.24) is 4.98 Å². The number of aromatic amines is 1. The second-order valence-corrected chi connectivity index (χ2v) is 6.41. The maximum Gasteiger partial charge on any atom is 0.228 e. The number of methoxy groups -OCH3 is 1. The van der Waals surface area contributed by atoms with Crippen LogP contribution in [0.25, 0.3) is 22.2 Å². The van der Waals surface area contributed by atoms with Gasteiger partial charge in [-0.1, -0.05) is 0 Å². The number of aromatic nitrogens is 1. The quantitative estimate of drug-likeness (QED) is 0.699. The summed E-state index contributed by atoms with van der Waals surface area (Å²) in [5.74, 6) is 0.778. The van der Waals surface area contributed by atoms with Crippen molar-refractivity contribution in [2.75, 3.05) is 18.7 Å². The van der Waals surface area contributed by atoms with Gasteiger partial charge in [-0.3, -0.25) is 4.79 Å². The maximum absolute atomic E-state index is 12.3. The van der Waals surface area contributed by atoms with Crippen molar-refractivity contribution in [3.05, 3.63) is 42.0 Å². The molecule has 0 atom stereocenters. The first-order chi connectivity index (χ1) is 11.2. The minimum atomic E-state index is 0.00521. The fourth-order valence-corrected chi connectivity index (χ4v) is 3.53. The van der Waals surface area contributed by atoms with Crippen LogP contribution in [0.3, 0.4) is 0 Å². The molecule has 2 heterocycles. The number of anilines is 1. The van der Waals surface area contributed by atoms with Crippen LogP contribution in [0.1, 0.15) is 5.56 Å². The molecule has 2 N–H and O–H groups in total. The summed E-state index contributed by atoms with van der Waals surface area (Å²) in [6, 6.07) is 12.0. The van der Waals surface area contributed by atoms with E-state index in [-0.39, 0.29) is 5.91 Å². The Hall–Kier alpha value is -2.40. The number of hydrogen-bond acceptors (Lipinski definition) is 3. The van der Waals surface area contributed by atoms with E-state index in [1.165, 1.54) is 4.90 Å². The van der Waals surface area contributed by atoms with Crippen LogP contribution >= 0.6 is 11.8 Å². The average molecular weight is 324 g/mol. The van der Waals surface area contributed by atoms with Crippen molar-refractivity contribution in [3.8, 4) is 17.0 Å². The molecule has 5 heteroatoms. The molecule has 1 amide bonds. The Kier molecular flexibility index (Phi) is 3.31. The van der Waals surface area contributed by atoms with E-state index in [0.29, 0.717) is 6.42 Å². The molecule has 0 bridgehead atoms. The summed E-state index contributed by atoms with van der Waals surface area (Å²) in [4.78, 5) is 17.0. The number of hydrogen-bond donors (Lipinski definition) is 2. The SMILES string of the molecule is COc1ccc2c(c1)-c1[nH]c3ccc(SC)cc3c1CC(=O)N2. The highest BCUT2D eigenvalue weighted by atomic mass is 32.2. The third-order valence-corrected chi connectivity index (χ3v) is 4.95. The van der Waals surface area contributed by atoms with Crippen LogP contribution in [0.5, 0.6) is 5.75 Å². The molecule has 0 saturated carbocycles. The molecule has 0 fully saturated rings. The van der Waals surface area contributed by atoms with Crippen molar-refractivity contribution in [2.45, 2.75) is 11.3 Å². The molecule has 4 rings (SSSR count). The Labute approximate surface area is 138 Å². The van der Waals surface area contributed by atoms with E-state index in [4.69, 9.17) is 4.74 Å². The Morgan fingerprint density at radius 1 is 1.17 bits per heavy atom. The van der Waals surface area contributed by atoms with Crippen LogP contribution < -0.4 is 10.1 Å². The molecule has 4 nitrogen and oxygen atoms in total. The summed E-state index contributed by atoms with van der Waals surface area (Å²) in [5, 5.41) is 4.09. The predicted molar refractivity (Wildman–Crippen MR) is 94.4 cm³/mol. The fourth-order valence-electron chi connectivity index (χ4n) is 3.09. The largest absolute Gasteiger partial charge is 0.497 e. The molecule has 3 aromatic rings. The molecule has 2 aromatic carbocycles. The lowest BCUT2D eigenvalue weighted by Crippen LogP contribution is -2.12. The lowest BCUT2D eigenvalue weighted by molar-refractivity contribution is -0.115. The van der Waals surface area contributed by atoms with E-state index in [1.807, 2.05) is 18.2 Å². The van der Waals surface area contributed by atoms with Gasteiger partial charge >= 0.3 is 0 Å². The number of carbonyl (C=O) groups excluding carboxylic acids is 1. The first-order valence-electron chi connectivity index (χ1n) is 7.36. The normalized spacial score (nSPS) is 13.2. The van der Waals surface area contributed by atoms with Crippen LogP contribution in [0.15, 0.2) is 41.3 Å². The van der Waals surface area contributed by atoms with Gasteiger partial charge in [0.15, 0.2) is 0 Å². The molecule has 1 aliphatic rings. The smallest absolute Gasteiger partial charge is 0.228 e. The zero-order valence-electron chi connectivity index (χ0n) is 12.9. The molecule has 23 heavy (non-hydrogen) atoms. The van der Waals surface area contributed by atoms with E-state index in [2.05, 4.69) is 34.8 Å². The van der Waals surface area contributed by atoms with Gasteiger partial charge < -0.3 is 15.0 Å². The Morgan fingerprint density at radius 3 is 2.83 bits per heavy atom. The summed E-state index contributed by atoms with van der Waals surface area (Å²) in [7, 11) is 1.65. The number of fused-ring (bicyclic) bond motifs is 5. The average Bonchev–Trinajstić information content (AvgIpc) is 2.85. The van der Waals surface area contributed by atoms with Crippen LogP contribution in [0, 0.1) is 0 Å². The standard InChI is InChI=1S/C18H16N2O2S/c1-22-10-3-5-16-14(7-10)18-13(9-17(21)19-16)12-8-11(23-2)4-6-15(12)20-18/h3-8,20H,9H2,1-2H3,(H,19,21). The molecule has 0 radical (unpaired) electrons. The highest BCUT2D eigenvalue weighted by molar-refractivity contribution is 7.98. The highest BCUT2D eigenvalue weighted by Gasteiger charge is 2.23. The van der Waals surface area contributed by atoms with Crippen LogP contribution in [0.4, 0.5) is 5.69 Å². The van der Waals surface area contributed by atoms with E-state index in [9.17, 15) is 4.79 Å². The summed E-state index contributed by atoms with van der Waals surface area (Å²) in [5.41, 5.74) is 4.86. The number of amides is 1. The molecular weight excluding hydrogens is 308 g/mol. The lowest BCUT2D eigenvalue weighted by Gasteiger charge is -2.09. The van der Waals surface area contributed by atoms with Gasteiger partial charge in [0, 0.05) is 21.4 Å². The molecule has 1 aliphatic heterocycles. The van der Waals surface area contributed by atoms with Gasteiger partial charge in [0.2, 0.25) is 5.91 Å². The molecule has 0 spiro atoms. The Morgan fingerprint density at radius 2 is 2.04 bits per heavy atom. The van der Waals surface area contributed by atoms with Gasteiger partial charge in [0.05, 0.1) is 24.9 Å². The Bertz CT molecular complexity index is 930. The predicted octanol–water partition coefficient (Wildman–Crippen LogP) is 4.06. The van der Waals surface area contributed by atoms with Gasteiger partial charge in [0.25, 0.3) is 0 Å². The molecule has 116 valence electrons. The minimum Gasteiger partial charge on any atom is -0.497 e. The van der Waals surface area contributed by atoms with Gasteiger partial charge in [-0.15, -0.1) is 11.8 Å². The first-order valence-corrected chi connectivity index (χ1v) is 8.59. The van der Waals surface area contributed by atoms with Crippen LogP contribution in [-0.2, 0) is 11.2 Å². The van der Waals surface area contributed by atoms with Crippen molar-refractivity contribution in [1.29, 1.82) is 0 Å². The zero-order chi connectivity index (χ0) is 16.0. The first kappa shape index (κ1) is 14.2. The van der Waals surface area contributed by atoms with Crippen LogP contribution in [-0.4, -0.2) is 24.3 Å². The monoisotopic (exact) mass is 324 g/mol. The van der Waals surface area contributed by atoms with Gasteiger partial charge in [-0.25, -0.2) is 0 Å². The maximum atomic E-state index is 12.3. The number of rotatable bonds is 2. The van der Waals surface area contributed by atoms with Crippen LogP contribution in [0.2, 0.25) is 0 Å². The zero-order valence-corrected chi connectivity index (χ0v) is 13.7. The van der Waals surface area contributed by atoms with Gasteiger partial charge in [-0.2, -0.15) is 0 Å². The van der Waals surface area contributed by atoms with Crippen molar-refractivity contribution >= 4 is 34.3 Å². The number of nitrogens with one attached hydrogen (secondary N) is 2. The minimum absolute atomic E-state index is 0.00521. The van der Waals surface area contributed by atoms with Crippen molar-refractivity contribution in [2.24, 2.45) is 0 Å². The second-order valence-electron chi connectivity index (χ2n) is 5.53. The summed E-state index contributed by atoms with van der Waals surface area (Å²) < 4.78 is 5.34. The number of benzene rings is 2. The fraction of sp³-hybridized carbons (Fsp3) is 0.167. The van der Waals surface area contributed by atoms with E-state index < -0.39 is 0 Å². The molecule has 0 aliphatic carbocycles.